The molecule has 3 aromatic rings. The van der Waals surface area contributed by atoms with E-state index in [1.807, 2.05) is 61.5 Å². The molecule has 0 spiro atoms. The number of ether oxygens (including phenoxy) is 5. The zero-order chi connectivity index (χ0) is 30.0. The molecule has 5 rings (SSSR count). The van der Waals surface area contributed by atoms with Crippen molar-refractivity contribution >= 4 is 23.1 Å². The maximum absolute atomic E-state index is 14.3. The molecular formula is C33H36N2O7. The summed E-state index contributed by atoms with van der Waals surface area (Å²) >= 11 is 0. The Morgan fingerprint density at radius 3 is 2.07 bits per heavy atom. The number of nitrogens with zero attached hydrogens (tertiary/aromatic N) is 1. The predicted octanol–water partition coefficient (Wildman–Crippen LogP) is 6.04. The van der Waals surface area contributed by atoms with Crippen molar-refractivity contribution in [3.8, 4) is 28.7 Å². The third kappa shape index (κ3) is 5.00. The highest BCUT2D eigenvalue weighted by atomic mass is 16.5. The van der Waals surface area contributed by atoms with Gasteiger partial charge in [0.05, 0.1) is 53.0 Å². The number of methoxy groups -OCH3 is 5. The smallest absolute Gasteiger partial charge is 0.227 e. The molecule has 1 N–H and O–H groups in total. The van der Waals surface area contributed by atoms with E-state index < -0.39 is 6.04 Å². The minimum Gasteiger partial charge on any atom is -0.493 e. The van der Waals surface area contributed by atoms with Gasteiger partial charge in [-0.2, -0.15) is 0 Å². The second-order valence-electron chi connectivity index (χ2n) is 10.2. The highest BCUT2D eigenvalue weighted by Gasteiger charge is 2.42. The molecule has 0 unspecified atom stereocenters. The van der Waals surface area contributed by atoms with Crippen LogP contribution in [0.2, 0.25) is 0 Å². The van der Waals surface area contributed by atoms with Crippen molar-refractivity contribution in [2.24, 2.45) is 0 Å². The molecule has 2 aliphatic rings. The van der Waals surface area contributed by atoms with E-state index in [4.69, 9.17) is 23.7 Å². The van der Waals surface area contributed by atoms with E-state index >= 15 is 0 Å². The molecule has 3 aromatic carbocycles. The van der Waals surface area contributed by atoms with Gasteiger partial charge in [-0.25, -0.2) is 0 Å². The average molecular weight is 573 g/mol. The molecule has 0 fully saturated rings. The molecule has 9 nitrogen and oxygen atoms in total. The summed E-state index contributed by atoms with van der Waals surface area (Å²) in [6.45, 7) is 1.82. The first-order chi connectivity index (χ1) is 20.4. The summed E-state index contributed by atoms with van der Waals surface area (Å²) in [5.74, 6) is 2.27. The quantitative estimate of drug-likeness (QED) is 0.349. The normalized spacial score (nSPS) is 17.9. The van der Waals surface area contributed by atoms with Gasteiger partial charge in [0.2, 0.25) is 11.7 Å². The van der Waals surface area contributed by atoms with E-state index in [0.29, 0.717) is 52.0 Å². The Morgan fingerprint density at radius 2 is 1.45 bits per heavy atom. The van der Waals surface area contributed by atoms with Crippen LogP contribution >= 0.6 is 0 Å². The van der Waals surface area contributed by atoms with Gasteiger partial charge in [0.15, 0.2) is 28.8 Å². The minimum absolute atomic E-state index is 0.0519. The molecule has 0 bridgehead atoms. The summed E-state index contributed by atoms with van der Waals surface area (Å²) in [5.41, 5.74) is 4.39. The van der Waals surface area contributed by atoms with Crippen molar-refractivity contribution in [3.05, 3.63) is 77.0 Å². The van der Waals surface area contributed by atoms with Crippen LogP contribution in [-0.2, 0) is 9.59 Å². The summed E-state index contributed by atoms with van der Waals surface area (Å²) in [6.07, 6.45) is 1.07. The maximum atomic E-state index is 14.3. The van der Waals surface area contributed by atoms with Crippen molar-refractivity contribution in [2.75, 3.05) is 45.8 Å². The van der Waals surface area contributed by atoms with Crippen LogP contribution in [0.3, 0.4) is 0 Å². The molecule has 1 aliphatic heterocycles. The number of carbonyl (C=O) groups is 2. The summed E-state index contributed by atoms with van der Waals surface area (Å²) in [5, 5.41) is 3.55. The third-order valence-electron chi connectivity index (χ3n) is 7.94. The van der Waals surface area contributed by atoms with Gasteiger partial charge in [0.1, 0.15) is 0 Å². The van der Waals surface area contributed by atoms with Crippen LogP contribution in [-0.4, -0.2) is 47.2 Å². The Morgan fingerprint density at radius 1 is 0.810 bits per heavy atom. The first kappa shape index (κ1) is 28.9. The number of hydrogen-bond acceptors (Lipinski definition) is 8. The fourth-order valence-electron chi connectivity index (χ4n) is 5.95. The van der Waals surface area contributed by atoms with Crippen LogP contribution in [0.15, 0.2) is 65.9 Å². The SMILES string of the molecule is CCC(=O)N1c2ccccc2NC2=C(C(=O)C[C@@H](c3ccc(OC)c(OC)c3)C2)[C@@H]1c1cc(OC)c(OC)c(OC)c1. The molecule has 2 atom stereocenters. The van der Waals surface area contributed by atoms with E-state index in [1.54, 1.807) is 40.4 Å². The fourth-order valence-corrected chi connectivity index (χ4v) is 5.95. The number of allylic oxidation sites excluding steroid dienone is 1. The number of benzene rings is 3. The molecular weight excluding hydrogens is 536 g/mol. The van der Waals surface area contributed by atoms with E-state index in [-0.39, 0.29) is 30.4 Å². The van der Waals surface area contributed by atoms with Crippen molar-refractivity contribution in [1.29, 1.82) is 0 Å². The van der Waals surface area contributed by atoms with Crippen molar-refractivity contribution in [1.82, 2.24) is 0 Å². The first-order valence-electron chi connectivity index (χ1n) is 13.8. The van der Waals surface area contributed by atoms with Crippen LogP contribution in [0.25, 0.3) is 0 Å². The minimum atomic E-state index is -0.726. The predicted molar refractivity (Wildman–Crippen MR) is 160 cm³/mol. The molecule has 9 heteroatoms. The zero-order valence-electron chi connectivity index (χ0n) is 24.8. The second kappa shape index (κ2) is 12.1. The number of anilines is 2. The maximum Gasteiger partial charge on any atom is 0.227 e. The van der Waals surface area contributed by atoms with E-state index in [2.05, 4.69) is 5.32 Å². The molecule has 0 saturated carbocycles. The Bertz CT molecular complexity index is 1520. The highest BCUT2D eigenvalue weighted by Crippen LogP contribution is 2.50. The number of nitrogens with one attached hydrogen (secondary N) is 1. The molecule has 1 aliphatic carbocycles. The highest BCUT2D eigenvalue weighted by molar-refractivity contribution is 6.06. The molecule has 0 saturated heterocycles. The van der Waals surface area contributed by atoms with Crippen LogP contribution in [0.5, 0.6) is 28.7 Å². The monoisotopic (exact) mass is 572 g/mol. The van der Waals surface area contributed by atoms with Crippen LogP contribution in [0, 0.1) is 0 Å². The van der Waals surface area contributed by atoms with Crippen LogP contribution in [0.1, 0.15) is 49.3 Å². The lowest BCUT2D eigenvalue weighted by Crippen LogP contribution is -2.38. The standard InChI is InChI=1S/C33H36N2O7/c1-7-30(37)35-24-11-9-8-10-22(24)34-23-14-20(19-12-13-26(38-2)27(16-19)39-3)15-25(36)31(23)32(35)21-17-28(40-4)33(42-6)29(18-21)41-5/h8-13,16-18,20,32,34H,7,14-15H2,1-6H3/t20-,32-/m0/s1. The Kier molecular flexibility index (Phi) is 8.29. The lowest BCUT2D eigenvalue weighted by Gasteiger charge is -2.35. The van der Waals surface area contributed by atoms with Gasteiger partial charge in [-0.3, -0.25) is 14.5 Å². The third-order valence-corrected chi connectivity index (χ3v) is 7.94. The average Bonchev–Trinajstić information content (AvgIpc) is 3.17. The van der Waals surface area contributed by atoms with E-state index in [0.717, 1.165) is 16.9 Å². The number of amides is 1. The first-order valence-corrected chi connectivity index (χ1v) is 13.8. The van der Waals surface area contributed by atoms with Crippen LogP contribution in [0.4, 0.5) is 11.4 Å². The van der Waals surface area contributed by atoms with Gasteiger partial charge in [0.25, 0.3) is 0 Å². The van der Waals surface area contributed by atoms with Crippen molar-refractivity contribution in [2.45, 2.75) is 38.1 Å². The molecule has 42 heavy (non-hydrogen) atoms. The molecule has 1 amide bonds. The Balaban J connectivity index is 1.73. The van der Waals surface area contributed by atoms with Gasteiger partial charge >= 0.3 is 0 Å². The van der Waals surface area contributed by atoms with E-state index in [9.17, 15) is 9.59 Å². The van der Waals surface area contributed by atoms with Crippen LogP contribution < -0.4 is 33.9 Å². The summed E-state index contributed by atoms with van der Waals surface area (Å²) in [4.78, 5) is 29.8. The Labute approximate surface area is 246 Å². The lowest BCUT2D eigenvalue weighted by atomic mass is 9.78. The summed E-state index contributed by atoms with van der Waals surface area (Å²) in [6, 6.07) is 16.3. The summed E-state index contributed by atoms with van der Waals surface area (Å²) in [7, 11) is 7.82. The second-order valence-corrected chi connectivity index (χ2v) is 10.2. The molecule has 0 aromatic heterocycles. The molecule has 0 radical (unpaired) electrons. The number of rotatable bonds is 8. The topological polar surface area (TPSA) is 95.6 Å². The molecule has 1 heterocycles. The number of hydrogen-bond donors (Lipinski definition) is 1. The number of ketones is 1. The van der Waals surface area contributed by atoms with Crippen molar-refractivity contribution < 1.29 is 33.3 Å². The largest absolute Gasteiger partial charge is 0.493 e. The van der Waals surface area contributed by atoms with E-state index in [1.165, 1.54) is 0 Å². The number of carbonyl (C=O) groups excluding carboxylic acids is 2. The van der Waals surface area contributed by atoms with Gasteiger partial charge < -0.3 is 29.0 Å². The number of para-hydroxylation sites is 2. The van der Waals surface area contributed by atoms with Gasteiger partial charge in [0, 0.05) is 24.1 Å². The summed E-state index contributed by atoms with van der Waals surface area (Å²) < 4.78 is 27.9. The number of fused-ring (bicyclic) bond motifs is 1. The van der Waals surface area contributed by atoms with Gasteiger partial charge in [-0.05, 0) is 59.9 Å². The lowest BCUT2D eigenvalue weighted by molar-refractivity contribution is -0.119. The Hall–Kier alpha value is -4.66. The van der Waals surface area contributed by atoms with Gasteiger partial charge in [-0.1, -0.05) is 25.1 Å². The molecule has 220 valence electrons. The van der Waals surface area contributed by atoms with Crippen molar-refractivity contribution in [3.63, 3.8) is 0 Å². The fraction of sp³-hybridized carbons (Fsp3) is 0.333. The number of Topliss-reactive ketones (excluding diaryl/α,β-unsaturated/α-hetero) is 1. The zero-order valence-corrected chi connectivity index (χ0v) is 24.8. The van der Waals surface area contributed by atoms with Gasteiger partial charge in [-0.15, -0.1) is 0 Å².